The number of nitrogens with zero attached hydrogens (tertiary/aromatic N) is 1. The number of ether oxygens (including phenoxy) is 2. The summed E-state index contributed by atoms with van der Waals surface area (Å²) in [6.07, 6.45) is 0. The molecule has 1 aromatic carbocycles. The van der Waals surface area contributed by atoms with E-state index >= 15 is 0 Å². The van der Waals surface area contributed by atoms with Crippen molar-refractivity contribution in [2.24, 2.45) is 0 Å². The van der Waals surface area contributed by atoms with Gasteiger partial charge in [-0.25, -0.2) is 8.42 Å². The van der Waals surface area contributed by atoms with E-state index < -0.39 is 10.0 Å². The van der Waals surface area contributed by atoms with Crippen molar-refractivity contribution in [1.29, 1.82) is 0 Å². The Hall–Kier alpha value is -0.860. The van der Waals surface area contributed by atoms with Gasteiger partial charge in [-0.3, -0.25) is 0 Å². The van der Waals surface area contributed by atoms with Gasteiger partial charge in [0.2, 0.25) is 10.0 Å². The molecule has 126 valence electrons. The summed E-state index contributed by atoms with van der Waals surface area (Å²) in [4.78, 5) is 0.302. The predicted molar refractivity (Wildman–Crippen MR) is 87.3 cm³/mol. The first-order valence-corrected chi connectivity index (χ1v) is 8.43. The molecule has 22 heavy (non-hydrogen) atoms. The van der Waals surface area contributed by atoms with Gasteiger partial charge < -0.3 is 14.8 Å². The average Bonchev–Trinajstić information content (AvgIpc) is 2.48. The van der Waals surface area contributed by atoms with Crippen molar-refractivity contribution in [3.8, 4) is 5.75 Å². The van der Waals surface area contributed by atoms with Crippen LogP contribution >= 0.6 is 12.4 Å². The molecule has 1 N–H and O–H groups in total. The minimum absolute atomic E-state index is 0. The van der Waals surface area contributed by atoms with Crippen molar-refractivity contribution < 1.29 is 17.9 Å². The molecule has 0 aromatic heterocycles. The first kappa shape index (κ1) is 19.2. The summed E-state index contributed by atoms with van der Waals surface area (Å²) in [5, 5.41) is 3.24. The first-order valence-electron chi connectivity index (χ1n) is 6.99. The lowest BCUT2D eigenvalue weighted by atomic mass is 10.3. The number of hydrogen-bond donors (Lipinski definition) is 1. The van der Waals surface area contributed by atoms with E-state index in [-0.39, 0.29) is 18.4 Å². The SMILES string of the molecule is COCCOc1ccc(S(=O)(=O)N2CCNC(C)C2)cc1.Cl. The van der Waals surface area contributed by atoms with Gasteiger partial charge in [0.1, 0.15) is 12.4 Å². The summed E-state index contributed by atoms with van der Waals surface area (Å²) in [5.41, 5.74) is 0. The van der Waals surface area contributed by atoms with E-state index in [1.54, 1.807) is 31.4 Å². The standard InChI is InChI=1S/C14H22N2O4S.ClH/c1-12-11-16(8-7-15-12)21(17,18)14-5-3-13(4-6-14)20-10-9-19-2;/h3-6,12,15H,7-11H2,1-2H3;1H. The van der Waals surface area contributed by atoms with Crippen molar-refractivity contribution in [3.63, 3.8) is 0 Å². The second-order valence-corrected chi connectivity index (χ2v) is 6.97. The summed E-state index contributed by atoms with van der Waals surface area (Å²) in [5.74, 6) is 0.639. The number of nitrogens with one attached hydrogen (secondary N) is 1. The lowest BCUT2D eigenvalue weighted by Crippen LogP contribution is -2.51. The van der Waals surface area contributed by atoms with Gasteiger partial charge in [-0.15, -0.1) is 12.4 Å². The van der Waals surface area contributed by atoms with Gasteiger partial charge in [-0.05, 0) is 31.2 Å². The molecule has 1 aromatic rings. The molecule has 2 rings (SSSR count). The minimum atomic E-state index is -3.42. The second kappa shape index (κ2) is 8.69. The Morgan fingerprint density at radius 2 is 1.95 bits per heavy atom. The predicted octanol–water partition coefficient (Wildman–Crippen LogP) is 1.12. The Bertz CT molecular complexity index is 550. The first-order chi connectivity index (χ1) is 10.0. The van der Waals surface area contributed by atoms with Gasteiger partial charge >= 0.3 is 0 Å². The van der Waals surface area contributed by atoms with Crippen molar-refractivity contribution in [2.45, 2.75) is 17.9 Å². The van der Waals surface area contributed by atoms with E-state index in [1.807, 2.05) is 6.92 Å². The number of piperazine rings is 1. The number of sulfonamides is 1. The van der Waals surface area contributed by atoms with Crippen LogP contribution in [0.2, 0.25) is 0 Å². The molecule has 1 heterocycles. The molecule has 0 bridgehead atoms. The molecule has 0 saturated carbocycles. The summed E-state index contributed by atoms with van der Waals surface area (Å²) in [7, 11) is -1.82. The zero-order valence-corrected chi connectivity index (χ0v) is 14.5. The van der Waals surface area contributed by atoms with Crippen LogP contribution in [0.1, 0.15) is 6.92 Å². The molecule has 0 amide bonds. The van der Waals surface area contributed by atoms with Gasteiger partial charge in [-0.1, -0.05) is 0 Å². The van der Waals surface area contributed by atoms with Crippen LogP contribution in [0.25, 0.3) is 0 Å². The lowest BCUT2D eigenvalue weighted by Gasteiger charge is -2.31. The summed E-state index contributed by atoms with van der Waals surface area (Å²) < 4.78 is 36.9. The van der Waals surface area contributed by atoms with E-state index in [4.69, 9.17) is 9.47 Å². The van der Waals surface area contributed by atoms with Crippen molar-refractivity contribution in [3.05, 3.63) is 24.3 Å². The van der Waals surface area contributed by atoms with Crippen LogP contribution in [0.5, 0.6) is 5.75 Å². The number of hydrogen-bond acceptors (Lipinski definition) is 5. The molecule has 1 aliphatic rings. The number of methoxy groups -OCH3 is 1. The van der Waals surface area contributed by atoms with Crippen LogP contribution in [0.15, 0.2) is 29.2 Å². The molecule has 1 fully saturated rings. The number of benzene rings is 1. The largest absolute Gasteiger partial charge is 0.491 e. The zero-order valence-electron chi connectivity index (χ0n) is 12.8. The summed E-state index contributed by atoms with van der Waals surface area (Å²) in [6, 6.07) is 6.70. The summed E-state index contributed by atoms with van der Waals surface area (Å²) >= 11 is 0. The van der Waals surface area contributed by atoms with Crippen LogP contribution in [0.4, 0.5) is 0 Å². The molecule has 1 unspecified atom stereocenters. The Kier molecular flexibility index (Phi) is 7.58. The van der Waals surface area contributed by atoms with E-state index in [0.717, 1.165) is 0 Å². The van der Waals surface area contributed by atoms with Crippen molar-refractivity contribution in [2.75, 3.05) is 40.0 Å². The molecular formula is C14H23ClN2O4S. The van der Waals surface area contributed by atoms with E-state index in [1.165, 1.54) is 4.31 Å². The quantitative estimate of drug-likeness (QED) is 0.779. The molecule has 1 aliphatic heterocycles. The molecule has 1 saturated heterocycles. The van der Waals surface area contributed by atoms with Crippen LogP contribution in [0, 0.1) is 0 Å². The molecule has 0 radical (unpaired) electrons. The third-order valence-corrected chi connectivity index (χ3v) is 5.23. The fourth-order valence-corrected chi connectivity index (χ4v) is 3.74. The van der Waals surface area contributed by atoms with Crippen molar-refractivity contribution >= 4 is 22.4 Å². The fraction of sp³-hybridized carbons (Fsp3) is 0.571. The van der Waals surface area contributed by atoms with Gasteiger partial charge in [-0.2, -0.15) is 4.31 Å². The Labute approximate surface area is 138 Å². The van der Waals surface area contributed by atoms with Gasteiger partial charge in [0, 0.05) is 32.8 Å². The maximum Gasteiger partial charge on any atom is 0.243 e. The van der Waals surface area contributed by atoms with Crippen LogP contribution in [-0.4, -0.2) is 58.7 Å². The molecule has 0 spiro atoms. The lowest BCUT2D eigenvalue weighted by molar-refractivity contribution is 0.146. The smallest absolute Gasteiger partial charge is 0.243 e. The topological polar surface area (TPSA) is 67.9 Å². The van der Waals surface area contributed by atoms with Crippen molar-refractivity contribution in [1.82, 2.24) is 9.62 Å². The van der Waals surface area contributed by atoms with E-state index in [0.29, 0.717) is 43.5 Å². The third-order valence-electron chi connectivity index (χ3n) is 3.35. The third kappa shape index (κ3) is 4.82. The highest BCUT2D eigenvalue weighted by atomic mass is 35.5. The van der Waals surface area contributed by atoms with E-state index in [9.17, 15) is 8.42 Å². The highest BCUT2D eigenvalue weighted by Crippen LogP contribution is 2.20. The number of halogens is 1. The zero-order chi connectivity index (χ0) is 15.3. The van der Waals surface area contributed by atoms with E-state index in [2.05, 4.69) is 5.32 Å². The Balaban J connectivity index is 0.00000242. The molecule has 0 aliphatic carbocycles. The van der Waals surface area contributed by atoms with Gasteiger partial charge in [0.15, 0.2) is 0 Å². The summed E-state index contributed by atoms with van der Waals surface area (Å²) in [6.45, 7) is 4.59. The molecule has 6 nitrogen and oxygen atoms in total. The average molecular weight is 351 g/mol. The molecule has 1 atom stereocenters. The van der Waals surface area contributed by atoms with Crippen LogP contribution < -0.4 is 10.1 Å². The molecular weight excluding hydrogens is 328 g/mol. The van der Waals surface area contributed by atoms with Crippen LogP contribution in [0.3, 0.4) is 0 Å². The Morgan fingerprint density at radius 1 is 1.27 bits per heavy atom. The maximum absolute atomic E-state index is 12.5. The minimum Gasteiger partial charge on any atom is -0.491 e. The van der Waals surface area contributed by atoms with Gasteiger partial charge in [0.25, 0.3) is 0 Å². The monoisotopic (exact) mass is 350 g/mol. The normalized spacial score (nSPS) is 19.5. The highest BCUT2D eigenvalue weighted by molar-refractivity contribution is 7.89. The highest BCUT2D eigenvalue weighted by Gasteiger charge is 2.28. The van der Waals surface area contributed by atoms with Gasteiger partial charge in [0.05, 0.1) is 11.5 Å². The Morgan fingerprint density at radius 3 is 2.55 bits per heavy atom. The van der Waals surface area contributed by atoms with Crippen LogP contribution in [-0.2, 0) is 14.8 Å². The fourth-order valence-electron chi connectivity index (χ4n) is 2.22. The number of rotatable bonds is 6. The second-order valence-electron chi connectivity index (χ2n) is 5.03. The maximum atomic E-state index is 12.5. The molecule has 8 heteroatoms.